The first kappa shape index (κ1) is 12.3. The molecule has 0 bridgehead atoms. The van der Waals surface area contributed by atoms with Gasteiger partial charge in [0.1, 0.15) is 6.04 Å². The van der Waals surface area contributed by atoms with Gasteiger partial charge in [-0.2, -0.15) is 0 Å². The highest BCUT2D eigenvalue weighted by molar-refractivity contribution is 6.02. The fourth-order valence-corrected chi connectivity index (χ4v) is 2.07. The quantitative estimate of drug-likeness (QED) is 0.841. The summed E-state index contributed by atoms with van der Waals surface area (Å²) in [6, 6.07) is 5.85. The minimum atomic E-state index is -1.14. The van der Waals surface area contributed by atoms with Gasteiger partial charge in [-0.25, -0.2) is 4.79 Å². The second kappa shape index (κ2) is 4.60. The van der Waals surface area contributed by atoms with Crippen LogP contribution in [0.1, 0.15) is 22.3 Å². The van der Waals surface area contributed by atoms with E-state index in [2.05, 4.69) is 0 Å². The van der Waals surface area contributed by atoms with Crippen molar-refractivity contribution in [1.29, 1.82) is 0 Å². The number of Topliss-reactive ketones (excluding diaryl/α,β-unsaturated/α-hetero) is 1. The molecule has 94 valence electrons. The largest absolute Gasteiger partial charge is 0.480 e. The summed E-state index contributed by atoms with van der Waals surface area (Å²) in [6.45, 7) is 1.73. The van der Waals surface area contributed by atoms with Gasteiger partial charge in [-0.3, -0.25) is 9.59 Å². The van der Waals surface area contributed by atoms with E-state index in [-0.39, 0.29) is 18.7 Å². The number of nitrogens with zero attached hydrogens (tertiary/aromatic N) is 1. The highest BCUT2D eigenvalue weighted by Crippen LogP contribution is 2.18. The predicted octanol–water partition coefficient (Wildman–Crippen LogP) is 0.863. The molecule has 0 aromatic heterocycles. The molecule has 18 heavy (non-hydrogen) atoms. The zero-order chi connectivity index (χ0) is 13.3. The van der Waals surface area contributed by atoms with E-state index in [0.29, 0.717) is 5.56 Å². The van der Waals surface area contributed by atoms with Crippen molar-refractivity contribution >= 4 is 17.7 Å². The lowest BCUT2D eigenvalue weighted by Crippen LogP contribution is -2.40. The Morgan fingerprint density at radius 3 is 2.72 bits per heavy atom. The maximum absolute atomic E-state index is 12.2. The van der Waals surface area contributed by atoms with Gasteiger partial charge >= 0.3 is 5.97 Å². The van der Waals surface area contributed by atoms with Crippen LogP contribution in [0.15, 0.2) is 24.3 Å². The lowest BCUT2D eigenvalue weighted by molar-refractivity contribution is -0.141. The van der Waals surface area contributed by atoms with E-state index >= 15 is 0 Å². The molecular weight excluding hydrogens is 234 g/mol. The summed E-state index contributed by atoms with van der Waals surface area (Å²) in [5.74, 6) is -1.76. The molecular formula is C13H13NO4. The second-order valence-corrected chi connectivity index (χ2v) is 4.40. The molecule has 0 saturated carbocycles. The minimum absolute atomic E-state index is 0.104. The van der Waals surface area contributed by atoms with Crippen LogP contribution in [-0.2, 0) is 9.59 Å². The Kier molecular flexibility index (Phi) is 3.14. The lowest BCUT2D eigenvalue weighted by Gasteiger charge is -2.20. The fourth-order valence-electron chi connectivity index (χ4n) is 2.07. The lowest BCUT2D eigenvalue weighted by atomic mass is 10.1. The van der Waals surface area contributed by atoms with E-state index in [0.717, 1.165) is 10.5 Å². The van der Waals surface area contributed by atoms with Crippen molar-refractivity contribution < 1.29 is 19.5 Å². The number of likely N-dealkylation sites (tertiary alicyclic amines) is 1. The van der Waals surface area contributed by atoms with Crippen LogP contribution in [-0.4, -0.2) is 40.3 Å². The number of amides is 1. The molecule has 1 amide bonds. The van der Waals surface area contributed by atoms with Crippen LogP contribution in [0, 0.1) is 6.92 Å². The molecule has 1 aliphatic rings. The van der Waals surface area contributed by atoms with E-state index in [1.54, 1.807) is 18.2 Å². The first-order valence-corrected chi connectivity index (χ1v) is 5.61. The topological polar surface area (TPSA) is 74.7 Å². The summed E-state index contributed by atoms with van der Waals surface area (Å²) >= 11 is 0. The number of aryl methyl sites for hydroxylation is 1. The van der Waals surface area contributed by atoms with Gasteiger partial charge < -0.3 is 10.0 Å². The van der Waals surface area contributed by atoms with Crippen LogP contribution in [0.3, 0.4) is 0 Å². The molecule has 1 aromatic rings. The number of carbonyl (C=O) groups is 3. The standard InChI is InChI=1S/C13H13NO4/c1-8-3-2-4-9(5-8)12(16)14-7-10(15)6-11(14)13(17)18/h2-5,11H,6-7H2,1H3,(H,17,18). The molecule has 0 spiro atoms. The maximum atomic E-state index is 12.2. The second-order valence-electron chi connectivity index (χ2n) is 4.40. The fraction of sp³-hybridized carbons (Fsp3) is 0.308. The summed E-state index contributed by atoms with van der Waals surface area (Å²) in [7, 11) is 0. The number of benzene rings is 1. The van der Waals surface area contributed by atoms with Crippen LogP contribution in [0.4, 0.5) is 0 Å². The SMILES string of the molecule is Cc1cccc(C(=O)N2CC(=O)CC2C(=O)O)c1. The molecule has 1 N–H and O–H groups in total. The van der Waals surface area contributed by atoms with Crippen LogP contribution in [0.25, 0.3) is 0 Å². The first-order valence-electron chi connectivity index (χ1n) is 5.61. The average molecular weight is 247 g/mol. The number of hydrogen-bond acceptors (Lipinski definition) is 3. The monoisotopic (exact) mass is 247 g/mol. The number of hydrogen-bond donors (Lipinski definition) is 1. The van der Waals surface area contributed by atoms with Crippen molar-refractivity contribution in [2.24, 2.45) is 0 Å². The number of carboxylic acids is 1. The van der Waals surface area contributed by atoms with Gasteiger partial charge in [0.05, 0.1) is 6.54 Å². The van der Waals surface area contributed by atoms with Crippen molar-refractivity contribution in [1.82, 2.24) is 4.90 Å². The average Bonchev–Trinajstić information content (AvgIpc) is 2.70. The van der Waals surface area contributed by atoms with E-state index in [1.807, 2.05) is 13.0 Å². The first-order chi connectivity index (χ1) is 8.49. The van der Waals surface area contributed by atoms with Crippen LogP contribution in [0.2, 0.25) is 0 Å². The number of ketones is 1. The molecule has 1 atom stereocenters. The summed E-state index contributed by atoms with van der Waals surface area (Å²) in [5.41, 5.74) is 1.33. The van der Waals surface area contributed by atoms with Gasteiger partial charge in [0.25, 0.3) is 5.91 Å². The third-order valence-corrected chi connectivity index (χ3v) is 2.95. The number of carbonyl (C=O) groups excluding carboxylic acids is 2. The van der Waals surface area contributed by atoms with Crippen molar-refractivity contribution in [3.63, 3.8) is 0 Å². The summed E-state index contributed by atoms with van der Waals surface area (Å²) in [5, 5.41) is 9.01. The number of rotatable bonds is 2. The van der Waals surface area contributed by atoms with Gasteiger partial charge in [0, 0.05) is 12.0 Å². The molecule has 0 aliphatic carbocycles. The Morgan fingerprint density at radius 1 is 1.39 bits per heavy atom. The molecule has 1 aliphatic heterocycles. The summed E-state index contributed by atoms with van der Waals surface area (Å²) in [6.07, 6.45) is -0.104. The Labute approximate surface area is 104 Å². The number of aliphatic carboxylic acids is 1. The van der Waals surface area contributed by atoms with E-state index < -0.39 is 17.9 Å². The zero-order valence-electron chi connectivity index (χ0n) is 9.92. The smallest absolute Gasteiger partial charge is 0.326 e. The Balaban J connectivity index is 2.28. The molecule has 1 aromatic carbocycles. The minimum Gasteiger partial charge on any atom is -0.480 e. The maximum Gasteiger partial charge on any atom is 0.326 e. The van der Waals surface area contributed by atoms with Gasteiger partial charge in [0.15, 0.2) is 5.78 Å². The Hall–Kier alpha value is -2.17. The Bertz CT molecular complexity index is 523. The number of carboxylic acid groups (broad SMARTS) is 1. The molecule has 1 unspecified atom stereocenters. The molecule has 5 nitrogen and oxygen atoms in total. The Morgan fingerprint density at radius 2 is 2.11 bits per heavy atom. The normalized spacial score (nSPS) is 19.1. The van der Waals surface area contributed by atoms with Gasteiger partial charge in [-0.15, -0.1) is 0 Å². The van der Waals surface area contributed by atoms with Gasteiger partial charge in [-0.1, -0.05) is 17.7 Å². The van der Waals surface area contributed by atoms with E-state index in [4.69, 9.17) is 5.11 Å². The van der Waals surface area contributed by atoms with Gasteiger partial charge in [0.2, 0.25) is 0 Å². The molecule has 1 heterocycles. The van der Waals surface area contributed by atoms with Crippen LogP contribution in [0.5, 0.6) is 0 Å². The van der Waals surface area contributed by atoms with Crippen LogP contribution >= 0.6 is 0 Å². The molecule has 5 heteroatoms. The zero-order valence-corrected chi connectivity index (χ0v) is 9.92. The molecule has 1 fully saturated rings. The van der Waals surface area contributed by atoms with Gasteiger partial charge in [-0.05, 0) is 19.1 Å². The predicted molar refractivity (Wildman–Crippen MR) is 63.3 cm³/mol. The van der Waals surface area contributed by atoms with E-state index in [1.165, 1.54) is 0 Å². The molecule has 2 rings (SSSR count). The third kappa shape index (κ3) is 2.25. The highest BCUT2D eigenvalue weighted by Gasteiger charge is 2.38. The van der Waals surface area contributed by atoms with Crippen molar-refractivity contribution in [2.75, 3.05) is 6.54 Å². The van der Waals surface area contributed by atoms with Crippen molar-refractivity contribution in [3.05, 3.63) is 35.4 Å². The van der Waals surface area contributed by atoms with E-state index in [9.17, 15) is 14.4 Å². The van der Waals surface area contributed by atoms with Crippen molar-refractivity contribution in [2.45, 2.75) is 19.4 Å². The summed E-state index contributed by atoms with van der Waals surface area (Å²) < 4.78 is 0. The van der Waals surface area contributed by atoms with Crippen molar-refractivity contribution in [3.8, 4) is 0 Å². The highest BCUT2D eigenvalue weighted by atomic mass is 16.4. The summed E-state index contributed by atoms with van der Waals surface area (Å²) in [4.78, 5) is 35.6. The van der Waals surface area contributed by atoms with Crippen LogP contribution < -0.4 is 0 Å². The molecule has 0 radical (unpaired) electrons. The molecule has 1 saturated heterocycles. The third-order valence-electron chi connectivity index (χ3n) is 2.95.